The van der Waals surface area contributed by atoms with E-state index in [-0.39, 0.29) is 5.12 Å². The first-order valence-corrected chi connectivity index (χ1v) is 10.1. The number of benzene rings is 1. The van der Waals surface area contributed by atoms with Gasteiger partial charge >= 0.3 is 0 Å². The summed E-state index contributed by atoms with van der Waals surface area (Å²) in [5, 5.41) is 0.170. The molecule has 1 rings (SSSR count). The zero-order valence-corrected chi connectivity index (χ0v) is 15.6. The number of hydrogen-bond acceptors (Lipinski definition) is 3. The highest BCUT2D eigenvalue weighted by molar-refractivity contribution is 8.14. The monoisotopic (exact) mass is 336 g/mol. The molecule has 0 atom stereocenters. The van der Waals surface area contributed by atoms with Crippen molar-refractivity contribution >= 4 is 16.9 Å². The number of carbonyl (C=O) groups is 1. The van der Waals surface area contributed by atoms with Gasteiger partial charge in [0.15, 0.2) is 0 Å². The van der Waals surface area contributed by atoms with Gasteiger partial charge in [0.25, 0.3) is 0 Å². The molecule has 0 saturated heterocycles. The van der Waals surface area contributed by atoms with Crippen molar-refractivity contribution in [1.29, 1.82) is 0 Å². The summed E-state index contributed by atoms with van der Waals surface area (Å²) in [6, 6.07) is 7.36. The Kier molecular flexibility index (Phi) is 11.8. The van der Waals surface area contributed by atoms with Crippen molar-refractivity contribution in [3.8, 4) is 5.75 Å². The van der Waals surface area contributed by atoms with Gasteiger partial charge in [-0.25, -0.2) is 0 Å². The van der Waals surface area contributed by atoms with Crippen molar-refractivity contribution in [2.45, 2.75) is 71.1 Å². The van der Waals surface area contributed by atoms with E-state index in [1.807, 2.05) is 24.3 Å². The highest BCUT2D eigenvalue weighted by Crippen LogP contribution is 2.18. The summed E-state index contributed by atoms with van der Waals surface area (Å²) >= 11 is 1.44. The summed E-state index contributed by atoms with van der Waals surface area (Å²) in [6.45, 7) is 2.26. The molecular formula is C20H32O2S. The average molecular weight is 337 g/mol. The molecule has 2 nitrogen and oxygen atoms in total. The molecule has 0 unspecified atom stereocenters. The highest BCUT2D eigenvalue weighted by Gasteiger charge is 2.06. The molecule has 0 aliphatic rings. The lowest BCUT2D eigenvalue weighted by atomic mass is 10.1. The minimum absolute atomic E-state index is 0.170. The first-order chi connectivity index (χ1) is 11.3. The van der Waals surface area contributed by atoms with E-state index in [9.17, 15) is 4.79 Å². The summed E-state index contributed by atoms with van der Waals surface area (Å²) in [7, 11) is 1.64. The average Bonchev–Trinajstić information content (AvgIpc) is 2.59. The molecule has 0 heterocycles. The van der Waals surface area contributed by atoms with Crippen LogP contribution in [0, 0.1) is 0 Å². The van der Waals surface area contributed by atoms with Crippen LogP contribution in [0.3, 0.4) is 0 Å². The van der Waals surface area contributed by atoms with Crippen LogP contribution in [-0.4, -0.2) is 18.0 Å². The molecule has 3 heteroatoms. The van der Waals surface area contributed by atoms with Gasteiger partial charge in [0, 0.05) is 11.3 Å². The van der Waals surface area contributed by atoms with Crippen LogP contribution in [-0.2, 0) is 0 Å². The van der Waals surface area contributed by atoms with Crippen molar-refractivity contribution in [1.82, 2.24) is 0 Å². The molecule has 0 aromatic heterocycles. The Morgan fingerprint density at radius 3 is 1.91 bits per heavy atom. The molecule has 1 aromatic carbocycles. The first kappa shape index (κ1) is 20.1. The lowest BCUT2D eigenvalue weighted by Gasteiger charge is -2.04. The van der Waals surface area contributed by atoms with Crippen molar-refractivity contribution in [2.75, 3.05) is 12.9 Å². The number of unbranched alkanes of at least 4 members (excludes halogenated alkanes) is 9. The minimum Gasteiger partial charge on any atom is -0.497 e. The van der Waals surface area contributed by atoms with Gasteiger partial charge in [-0.05, 0) is 30.7 Å². The van der Waals surface area contributed by atoms with Gasteiger partial charge in [-0.2, -0.15) is 0 Å². The molecule has 0 bridgehead atoms. The third-order valence-electron chi connectivity index (χ3n) is 4.06. The Morgan fingerprint density at radius 1 is 0.870 bits per heavy atom. The fourth-order valence-electron chi connectivity index (χ4n) is 2.56. The number of thioether (sulfide) groups is 1. The standard InChI is InChI=1S/C20H32O2S/c1-3-4-5-6-7-8-9-10-11-12-17-23-20(21)18-13-15-19(22-2)16-14-18/h13-16H,3-12,17H2,1-2H3. The van der Waals surface area contributed by atoms with Gasteiger partial charge in [0.05, 0.1) is 7.11 Å². The maximum Gasteiger partial charge on any atom is 0.219 e. The van der Waals surface area contributed by atoms with Crippen molar-refractivity contribution in [2.24, 2.45) is 0 Å². The molecule has 0 fully saturated rings. The third-order valence-corrected chi connectivity index (χ3v) is 5.05. The van der Waals surface area contributed by atoms with Crippen LogP contribution in [0.1, 0.15) is 81.5 Å². The van der Waals surface area contributed by atoms with Gasteiger partial charge in [0.1, 0.15) is 5.75 Å². The number of rotatable bonds is 13. The number of ether oxygens (including phenoxy) is 1. The Balaban J connectivity index is 1.97. The van der Waals surface area contributed by atoms with Crippen LogP contribution in [0.5, 0.6) is 5.75 Å². The molecule has 0 spiro atoms. The van der Waals surface area contributed by atoms with Crippen molar-refractivity contribution in [3.05, 3.63) is 29.8 Å². The molecular weight excluding hydrogens is 304 g/mol. The SMILES string of the molecule is CCCCCCCCCCCCSC(=O)c1ccc(OC)cc1. The van der Waals surface area contributed by atoms with Gasteiger partial charge < -0.3 is 4.74 Å². The van der Waals surface area contributed by atoms with Gasteiger partial charge in [-0.3, -0.25) is 4.79 Å². The van der Waals surface area contributed by atoms with Gasteiger partial charge in [0.2, 0.25) is 5.12 Å². The second kappa shape index (κ2) is 13.5. The second-order valence-corrected chi connectivity index (χ2v) is 7.11. The zero-order valence-electron chi connectivity index (χ0n) is 14.8. The smallest absolute Gasteiger partial charge is 0.219 e. The molecule has 0 radical (unpaired) electrons. The predicted octanol–water partition coefficient (Wildman–Crippen LogP) is 6.49. The molecule has 0 aliphatic heterocycles. The lowest BCUT2D eigenvalue weighted by molar-refractivity contribution is 0.108. The van der Waals surface area contributed by atoms with Crippen LogP contribution < -0.4 is 4.74 Å². The van der Waals surface area contributed by atoms with E-state index in [4.69, 9.17) is 4.74 Å². The van der Waals surface area contributed by atoms with Gasteiger partial charge in [-0.1, -0.05) is 76.5 Å². The largest absolute Gasteiger partial charge is 0.497 e. The topological polar surface area (TPSA) is 26.3 Å². The highest BCUT2D eigenvalue weighted by atomic mass is 32.2. The van der Waals surface area contributed by atoms with Gasteiger partial charge in [-0.15, -0.1) is 0 Å². The Hall–Kier alpha value is -0.960. The summed E-state index contributed by atoms with van der Waals surface area (Å²) < 4.78 is 5.10. The summed E-state index contributed by atoms with van der Waals surface area (Å²) in [4.78, 5) is 12.0. The van der Waals surface area contributed by atoms with E-state index in [0.29, 0.717) is 0 Å². The quantitative estimate of drug-likeness (QED) is 0.385. The predicted molar refractivity (Wildman–Crippen MR) is 102 cm³/mol. The van der Waals surface area contributed by atoms with E-state index >= 15 is 0 Å². The summed E-state index contributed by atoms with van der Waals surface area (Å²) in [5.74, 6) is 1.72. The first-order valence-electron chi connectivity index (χ1n) is 9.09. The van der Waals surface area contributed by atoms with Crippen molar-refractivity contribution in [3.63, 3.8) is 0 Å². The van der Waals surface area contributed by atoms with Crippen LogP contribution in [0.25, 0.3) is 0 Å². The van der Waals surface area contributed by atoms with Crippen LogP contribution in [0.2, 0.25) is 0 Å². The molecule has 0 amide bonds. The fraction of sp³-hybridized carbons (Fsp3) is 0.650. The van der Waals surface area contributed by atoms with E-state index in [0.717, 1.165) is 23.5 Å². The molecule has 130 valence electrons. The Bertz CT molecular complexity index is 414. The fourth-order valence-corrected chi connectivity index (χ4v) is 3.40. The Morgan fingerprint density at radius 2 is 1.39 bits per heavy atom. The van der Waals surface area contributed by atoms with Crippen LogP contribution >= 0.6 is 11.8 Å². The van der Waals surface area contributed by atoms with Crippen LogP contribution in [0.15, 0.2) is 24.3 Å². The number of methoxy groups -OCH3 is 1. The summed E-state index contributed by atoms with van der Waals surface area (Å²) in [5.41, 5.74) is 0.767. The molecule has 0 aliphatic carbocycles. The summed E-state index contributed by atoms with van der Waals surface area (Å²) in [6.07, 6.45) is 13.3. The molecule has 0 saturated carbocycles. The Labute approximate surface area is 146 Å². The number of carbonyl (C=O) groups excluding carboxylic acids is 1. The van der Waals surface area contributed by atoms with Crippen molar-refractivity contribution < 1.29 is 9.53 Å². The lowest BCUT2D eigenvalue weighted by Crippen LogP contribution is -1.95. The molecule has 23 heavy (non-hydrogen) atoms. The minimum atomic E-state index is 0.170. The van der Waals surface area contributed by atoms with Crippen LogP contribution in [0.4, 0.5) is 0 Å². The van der Waals surface area contributed by atoms with E-state index < -0.39 is 0 Å². The zero-order chi connectivity index (χ0) is 16.8. The normalized spacial score (nSPS) is 10.7. The molecule has 1 aromatic rings. The van der Waals surface area contributed by atoms with E-state index in [2.05, 4.69) is 6.92 Å². The number of hydrogen-bond donors (Lipinski definition) is 0. The second-order valence-electron chi connectivity index (χ2n) is 6.05. The van der Waals surface area contributed by atoms with E-state index in [1.54, 1.807) is 7.11 Å². The van der Waals surface area contributed by atoms with E-state index in [1.165, 1.54) is 69.5 Å². The maximum absolute atomic E-state index is 12.0. The third kappa shape index (κ3) is 9.70. The molecule has 0 N–H and O–H groups in total. The maximum atomic E-state index is 12.0.